The number of anilines is 1. The highest BCUT2D eigenvalue weighted by Gasteiger charge is 2.08. The van der Waals surface area contributed by atoms with Crippen molar-refractivity contribution in [3.63, 3.8) is 0 Å². The smallest absolute Gasteiger partial charge is 0.335 e. The summed E-state index contributed by atoms with van der Waals surface area (Å²) >= 11 is 0. The Kier molecular flexibility index (Phi) is 6.68. The molecule has 0 spiro atoms. The van der Waals surface area contributed by atoms with Crippen LogP contribution in [0.25, 0.3) is 0 Å². The van der Waals surface area contributed by atoms with Gasteiger partial charge in [0.1, 0.15) is 0 Å². The fourth-order valence-electron chi connectivity index (χ4n) is 1.66. The van der Waals surface area contributed by atoms with Crippen LogP contribution in [0.5, 0.6) is 0 Å². The van der Waals surface area contributed by atoms with Crippen LogP contribution in [0.4, 0.5) is 10.5 Å². The van der Waals surface area contributed by atoms with Crippen LogP contribution in [0.2, 0.25) is 0 Å². The van der Waals surface area contributed by atoms with E-state index in [2.05, 4.69) is 24.5 Å². The van der Waals surface area contributed by atoms with E-state index in [0.29, 0.717) is 36.9 Å². The third-order valence-electron chi connectivity index (χ3n) is 2.70. The van der Waals surface area contributed by atoms with Gasteiger partial charge < -0.3 is 20.5 Å². The highest BCUT2D eigenvalue weighted by atomic mass is 16.5. The quantitative estimate of drug-likeness (QED) is 0.674. The maximum absolute atomic E-state index is 11.7. The van der Waals surface area contributed by atoms with E-state index in [0.717, 1.165) is 0 Å². The van der Waals surface area contributed by atoms with Crippen LogP contribution >= 0.6 is 0 Å². The second kappa shape index (κ2) is 8.26. The van der Waals surface area contributed by atoms with Crippen LogP contribution in [0.1, 0.15) is 29.8 Å². The number of benzene rings is 1. The van der Waals surface area contributed by atoms with Crippen LogP contribution in [0.3, 0.4) is 0 Å². The number of aryl methyl sites for hydroxylation is 1. The van der Waals surface area contributed by atoms with E-state index in [1.807, 2.05) is 0 Å². The number of carboxylic acids is 1. The maximum Gasteiger partial charge on any atom is 0.335 e. The lowest BCUT2D eigenvalue weighted by atomic mass is 10.1. The lowest BCUT2D eigenvalue weighted by Crippen LogP contribution is -2.32. The third-order valence-corrected chi connectivity index (χ3v) is 2.70. The molecular formula is C15H22N2O4. The van der Waals surface area contributed by atoms with E-state index < -0.39 is 5.97 Å². The van der Waals surface area contributed by atoms with Gasteiger partial charge >= 0.3 is 12.0 Å². The van der Waals surface area contributed by atoms with Crippen LogP contribution in [-0.4, -0.2) is 36.9 Å². The Hall–Kier alpha value is -2.08. The summed E-state index contributed by atoms with van der Waals surface area (Å²) in [5.74, 6) is -0.523. The summed E-state index contributed by atoms with van der Waals surface area (Å²) in [6.45, 7) is 7.41. The van der Waals surface area contributed by atoms with Gasteiger partial charge in [-0.3, -0.25) is 0 Å². The number of hydrogen-bond acceptors (Lipinski definition) is 3. The minimum atomic E-state index is -0.989. The Bertz CT molecular complexity index is 500. The SMILES string of the molecule is Cc1cc(C(=O)O)ccc1NC(=O)NCCOCC(C)C. The van der Waals surface area contributed by atoms with Crippen LogP contribution in [-0.2, 0) is 4.74 Å². The van der Waals surface area contributed by atoms with E-state index in [-0.39, 0.29) is 11.6 Å². The first-order valence-electron chi connectivity index (χ1n) is 6.86. The Balaban J connectivity index is 2.39. The number of rotatable bonds is 7. The van der Waals surface area contributed by atoms with Crippen LogP contribution in [0, 0.1) is 12.8 Å². The maximum atomic E-state index is 11.7. The zero-order valence-corrected chi connectivity index (χ0v) is 12.6. The number of carboxylic acid groups (broad SMARTS) is 1. The van der Waals surface area contributed by atoms with Crippen molar-refractivity contribution in [3.05, 3.63) is 29.3 Å². The molecule has 0 saturated carbocycles. The summed E-state index contributed by atoms with van der Waals surface area (Å²) in [4.78, 5) is 22.5. The van der Waals surface area contributed by atoms with Gasteiger partial charge in [-0.2, -0.15) is 0 Å². The third kappa shape index (κ3) is 6.27. The van der Waals surface area contributed by atoms with Gasteiger partial charge in [-0.15, -0.1) is 0 Å². The standard InChI is InChI=1S/C15H22N2O4/c1-10(2)9-21-7-6-16-15(20)17-13-5-4-12(14(18)19)8-11(13)3/h4-5,8,10H,6-7,9H2,1-3H3,(H,18,19)(H2,16,17,20). The fourth-order valence-corrected chi connectivity index (χ4v) is 1.66. The molecule has 0 atom stereocenters. The first-order valence-corrected chi connectivity index (χ1v) is 6.86. The van der Waals surface area contributed by atoms with Gasteiger partial charge in [-0.25, -0.2) is 9.59 Å². The molecule has 6 nitrogen and oxygen atoms in total. The lowest BCUT2D eigenvalue weighted by Gasteiger charge is -2.11. The molecule has 1 aromatic rings. The molecule has 1 rings (SSSR count). The molecule has 21 heavy (non-hydrogen) atoms. The number of carbonyl (C=O) groups is 2. The van der Waals surface area contributed by atoms with Crippen LogP contribution in [0.15, 0.2) is 18.2 Å². The predicted molar refractivity (Wildman–Crippen MR) is 80.8 cm³/mol. The topological polar surface area (TPSA) is 87.7 Å². The van der Waals surface area contributed by atoms with Gasteiger partial charge in [0.2, 0.25) is 0 Å². The summed E-state index contributed by atoms with van der Waals surface area (Å²) in [6.07, 6.45) is 0. The molecule has 0 bridgehead atoms. The molecule has 0 fully saturated rings. The molecule has 0 heterocycles. The van der Waals surface area contributed by atoms with Crippen molar-refractivity contribution in [2.45, 2.75) is 20.8 Å². The average Bonchev–Trinajstić information content (AvgIpc) is 2.40. The van der Waals surface area contributed by atoms with Crippen molar-refractivity contribution < 1.29 is 19.4 Å². The van der Waals surface area contributed by atoms with Gasteiger partial charge in [-0.05, 0) is 36.6 Å². The molecule has 0 unspecified atom stereocenters. The summed E-state index contributed by atoms with van der Waals surface area (Å²) in [6, 6.07) is 4.21. The molecule has 1 aromatic carbocycles. The number of amides is 2. The number of carbonyl (C=O) groups excluding carboxylic acids is 1. The largest absolute Gasteiger partial charge is 0.478 e. The molecule has 116 valence electrons. The van der Waals surface area contributed by atoms with Crippen molar-refractivity contribution in [1.29, 1.82) is 0 Å². The lowest BCUT2D eigenvalue weighted by molar-refractivity contribution is 0.0697. The molecule has 0 aliphatic heterocycles. The summed E-state index contributed by atoms with van der Waals surface area (Å²) in [5, 5.41) is 14.2. The van der Waals surface area contributed by atoms with E-state index in [9.17, 15) is 9.59 Å². The predicted octanol–water partition coefficient (Wildman–Crippen LogP) is 2.49. The van der Waals surface area contributed by atoms with E-state index >= 15 is 0 Å². The molecule has 0 saturated heterocycles. The first-order chi connectivity index (χ1) is 9.90. The molecule has 0 aromatic heterocycles. The molecule has 0 radical (unpaired) electrons. The van der Waals surface area contributed by atoms with Crippen molar-refractivity contribution in [2.24, 2.45) is 5.92 Å². The Morgan fingerprint density at radius 3 is 2.62 bits per heavy atom. The Morgan fingerprint density at radius 2 is 2.05 bits per heavy atom. The highest BCUT2D eigenvalue weighted by molar-refractivity contribution is 5.92. The van der Waals surface area contributed by atoms with Crippen LogP contribution < -0.4 is 10.6 Å². The van der Waals surface area contributed by atoms with Gasteiger partial charge in [0.25, 0.3) is 0 Å². The molecule has 6 heteroatoms. The average molecular weight is 294 g/mol. The Morgan fingerprint density at radius 1 is 1.33 bits per heavy atom. The molecule has 2 amide bonds. The second-order valence-corrected chi connectivity index (χ2v) is 5.18. The monoisotopic (exact) mass is 294 g/mol. The molecular weight excluding hydrogens is 272 g/mol. The van der Waals surface area contributed by atoms with Gasteiger partial charge in [0.15, 0.2) is 0 Å². The van der Waals surface area contributed by atoms with Gasteiger partial charge in [-0.1, -0.05) is 13.8 Å². The second-order valence-electron chi connectivity index (χ2n) is 5.18. The van der Waals surface area contributed by atoms with Crippen molar-refractivity contribution in [3.8, 4) is 0 Å². The number of urea groups is 1. The normalized spacial score (nSPS) is 10.5. The van der Waals surface area contributed by atoms with E-state index in [4.69, 9.17) is 9.84 Å². The Labute approximate surface area is 124 Å². The zero-order chi connectivity index (χ0) is 15.8. The molecule has 0 aliphatic rings. The highest BCUT2D eigenvalue weighted by Crippen LogP contribution is 2.16. The molecule has 0 aliphatic carbocycles. The summed E-state index contributed by atoms with van der Waals surface area (Å²) < 4.78 is 5.35. The number of nitrogens with one attached hydrogen (secondary N) is 2. The van der Waals surface area contributed by atoms with E-state index in [1.54, 1.807) is 13.0 Å². The fraction of sp³-hybridized carbons (Fsp3) is 0.467. The number of ether oxygens (including phenoxy) is 1. The van der Waals surface area contributed by atoms with Crippen molar-refractivity contribution in [1.82, 2.24) is 5.32 Å². The summed E-state index contributed by atoms with van der Waals surface area (Å²) in [7, 11) is 0. The number of hydrogen-bond donors (Lipinski definition) is 3. The molecule has 3 N–H and O–H groups in total. The van der Waals surface area contributed by atoms with Crippen molar-refractivity contribution >= 4 is 17.7 Å². The first kappa shape index (κ1) is 17.0. The van der Waals surface area contributed by atoms with Gasteiger partial charge in [0, 0.05) is 18.8 Å². The minimum Gasteiger partial charge on any atom is -0.478 e. The summed E-state index contributed by atoms with van der Waals surface area (Å²) in [5.41, 5.74) is 1.47. The minimum absolute atomic E-state index is 0.195. The van der Waals surface area contributed by atoms with E-state index in [1.165, 1.54) is 12.1 Å². The zero-order valence-electron chi connectivity index (χ0n) is 12.6. The van der Waals surface area contributed by atoms with Gasteiger partial charge in [0.05, 0.1) is 12.2 Å². The number of aromatic carboxylic acids is 1. The van der Waals surface area contributed by atoms with Crippen molar-refractivity contribution in [2.75, 3.05) is 25.1 Å².